The van der Waals surface area contributed by atoms with Crippen LogP contribution >= 0.6 is 0 Å². The monoisotopic (exact) mass is 199 g/mol. The van der Waals surface area contributed by atoms with Crippen LogP contribution in [0.3, 0.4) is 0 Å². The first kappa shape index (κ1) is 11.2. The van der Waals surface area contributed by atoms with Gasteiger partial charge in [-0.15, -0.1) is 0 Å². The van der Waals surface area contributed by atoms with E-state index in [0.717, 1.165) is 12.2 Å². The molecule has 1 aromatic rings. The fraction of sp³-hybridized carbons (Fsp3) is 0.600. The van der Waals surface area contributed by atoms with Gasteiger partial charge in [-0.25, -0.2) is 0 Å². The third kappa shape index (κ3) is 3.91. The lowest BCUT2D eigenvalue weighted by Crippen LogP contribution is -2.36. The molecule has 0 aliphatic rings. The summed E-state index contributed by atoms with van der Waals surface area (Å²) in [4.78, 5) is 0. The fourth-order valence-electron chi connectivity index (χ4n) is 1.20. The van der Waals surface area contributed by atoms with E-state index in [1.807, 2.05) is 19.1 Å². The van der Waals surface area contributed by atoms with Crippen LogP contribution in [0.15, 0.2) is 22.8 Å². The molecule has 14 heavy (non-hydrogen) atoms. The Labute approximate surface area is 83.6 Å². The number of aliphatic hydroxyl groups is 2. The summed E-state index contributed by atoms with van der Waals surface area (Å²) in [6.45, 7) is 2.20. The van der Waals surface area contributed by atoms with Gasteiger partial charge in [0.2, 0.25) is 0 Å². The molecule has 0 aromatic carbocycles. The molecule has 3 N–H and O–H groups in total. The van der Waals surface area contributed by atoms with Gasteiger partial charge in [-0.1, -0.05) is 0 Å². The van der Waals surface area contributed by atoms with Crippen LogP contribution in [-0.4, -0.2) is 35.5 Å². The highest BCUT2D eigenvalue weighted by Gasteiger charge is 2.07. The molecule has 2 atom stereocenters. The Hall–Kier alpha value is -0.840. The van der Waals surface area contributed by atoms with E-state index in [-0.39, 0.29) is 12.6 Å². The summed E-state index contributed by atoms with van der Waals surface area (Å²) in [5.41, 5.74) is 0. The normalized spacial score (nSPS) is 15.4. The fourth-order valence-corrected chi connectivity index (χ4v) is 1.20. The van der Waals surface area contributed by atoms with Gasteiger partial charge >= 0.3 is 0 Å². The van der Waals surface area contributed by atoms with E-state index in [9.17, 15) is 0 Å². The van der Waals surface area contributed by atoms with Crippen molar-refractivity contribution >= 4 is 0 Å². The number of aliphatic hydroxyl groups excluding tert-OH is 2. The zero-order chi connectivity index (χ0) is 10.4. The van der Waals surface area contributed by atoms with E-state index in [1.54, 1.807) is 6.26 Å². The lowest BCUT2D eigenvalue weighted by atomic mass is 10.2. The highest BCUT2D eigenvalue weighted by molar-refractivity contribution is 4.99. The average Bonchev–Trinajstić information content (AvgIpc) is 2.66. The Morgan fingerprint density at radius 2 is 2.36 bits per heavy atom. The predicted octanol–water partition coefficient (Wildman–Crippen LogP) is 0.153. The van der Waals surface area contributed by atoms with Gasteiger partial charge in [0, 0.05) is 19.0 Å². The van der Waals surface area contributed by atoms with Gasteiger partial charge in [-0.05, 0) is 19.1 Å². The molecule has 80 valence electrons. The molecule has 1 rings (SSSR count). The van der Waals surface area contributed by atoms with Crippen LogP contribution in [0.2, 0.25) is 0 Å². The van der Waals surface area contributed by atoms with E-state index in [4.69, 9.17) is 14.6 Å². The molecule has 0 aliphatic carbocycles. The van der Waals surface area contributed by atoms with Crippen molar-refractivity contribution in [3.05, 3.63) is 24.2 Å². The Kier molecular flexibility index (Phi) is 4.65. The summed E-state index contributed by atoms with van der Waals surface area (Å²) in [5.74, 6) is 0.920. The van der Waals surface area contributed by atoms with Crippen LogP contribution < -0.4 is 5.32 Å². The van der Waals surface area contributed by atoms with Crippen molar-refractivity contribution in [3.63, 3.8) is 0 Å². The minimum absolute atomic E-state index is 0.208. The number of furan rings is 1. The minimum Gasteiger partial charge on any atom is -0.469 e. The van der Waals surface area contributed by atoms with E-state index in [2.05, 4.69) is 5.32 Å². The quantitative estimate of drug-likeness (QED) is 0.610. The van der Waals surface area contributed by atoms with Crippen LogP contribution in [0.25, 0.3) is 0 Å². The molecule has 2 unspecified atom stereocenters. The largest absolute Gasteiger partial charge is 0.469 e. The molecular weight excluding hydrogens is 182 g/mol. The molecule has 1 aromatic heterocycles. The van der Waals surface area contributed by atoms with Crippen molar-refractivity contribution < 1.29 is 14.6 Å². The van der Waals surface area contributed by atoms with Gasteiger partial charge in [-0.3, -0.25) is 0 Å². The lowest BCUT2D eigenvalue weighted by Gasteiger charge is -2.14. The van der Waals surface area contributed by atoms with Gasteiger partial charge in [0.15, 0.2) is 0 Å². The van der Waals surface area contributed by atoms with Crippen molar-refractivity contribution in [2.75, 3.05) is 13.2 Å². The maximum atomic E-state index is 9.10. The van der Waals surface area contributed by atoms with Crippen molar-refractivity contribution in [2.24, 2.45) is 0 Å². The SMILES string of the molecule is CC(Cc1ccco1)NCC(O)CO. The molecule has 0 saturated heterocycles. The van der Waals surface area contributed by atoms with Crippen LogP contribution in [-0.2, 0) is 6.42 Å². The molecule has 0 bridgehead atoms. The molecule has 0 saturated carbocycles. The summed E-state index contributed by atoms with van der Waals surface area (Å²) >= 11 is 0. The molecule has 0 aliphatic heterocycles. The summed E-state index contributed by atoms with van der Waals surface area (Å²) in [6, 6.07) is 3.99. The highest BCUT2D eigenvalue weighted by atomic mass is 16.3. The van der Waals surface area contributed by atoms with Gasteiger partial charge in [0.25, 0.3) is 0 Å². The minimum atomic E-state index is -0.686. The van der Waals surface area contributed by atoms with Crippen molar-refractivity contribution in [1.29, 1.82) is 0 Å². The molecule has 1 heterocycles. The first-order chi connectivity index (χ1) is 6.72. The first-order valence-corrected chi connectivity index (χ1v) is 4.77. The molecule has 0 fully saturated rings. The third-order valence-corrected chi connectivity index (χ3v) is 2.00. The zero-order valence-corrected chi connectivity index (χ0v) is 8.31. The smallest absolute Gasteiger partial charge is 0.105 e. The Morgan fingerprint density at radius 1 is 1.57 bits per heavy atom. The molecule has 4 nitrogen and oxygen atoms in total. The van der Waals surface area contributed by atoms with Crippen molar-refractivity contribution in [2.45, 2.75) is 25.5 Å². The van der Waals surface area contributed by atoms with Crippen molar-refractivity contribution in [1.82, 2.24) is 5.32 Å². The van der Waals surface area contributed by atoms with Gasteiger partial charge in [0.1, 0.15) is 5.76 Å². The maximum absolute atomic E-state index is 9.10. The number of nitrogens with one attached hydrogen (secondary N) is 1. The zero-order valence-electron chi connectivity index (χ0n) is 8.31. The summed E-state index contributed by atoms with van der Waals surface area (Å²) in [5, 5.41) is 20.8. The number of hydrogen-bond acceptors (Lipinski definition) is 4. The second kappa shape index (κ2) is 5.80. The standard InChI is InChI=1S/C10H17NO3/c1-8(11-6-9(13)7-12)5-10-3-2-4-14-10/h2-4,8-9,11-13H,5-7H2,1H3. The van der Waals surface area contributed by atoms with Crippen LogP contribution in [0, 0.1) is 0 Å². The molecule has 0 radical (unpaired) electrons. The number of rotatable bonds is 6. The Balaban J connectivity index is 2.19. The van der Waals surface area contributed by atoms with Gasteiger partial charge in [-0.2, -0.15) is 0 Å². The molecular formula is C10H17NO3. The van der Waals surface area contributed by atoms with Crippen LogP contribution in [0.5, 0.6) is 0 Å². The summed E-state index contributed by atoms with van der Waals surface area (Å²) in [7, 11) is 0. The lowest BCUT2D eigenvalue weighted by molar-refractivity contribution is 0.0922. The third-order valence-electron chi connectivity index (χ3n) is 2.00. The van der Waals surface area contributed by atoms with E-state index >= 15 is 0 Å². The Morgan fingerprint density at radius 3 is 2.93 bits per heavy atom. The van der Waals surface area contributed by atoms with Gasteiger partial charge < -0.3 is 19.9 Å². The second-order valence-corrected chi connectivity index (χ2v) is 3.43. The molecule has 4 heteroatoms. The van der Waals surface area contributed by atoms with Crippen LogP contribution in [0.4, 0.5) is 0 Å². The molecule has 0 amide bonds. The first-order valence-electron chi connectivity index (χ1n) is 4.77. The van der Waals surface area contributed by atoms with Crippen molar-refractivity contribution in [3.8, 4) is 0 Å². The predicted molar refractivity (Wildman–Crippen MR) is 53.0 cm³/mol. The Bertz CT molecular complexity index is 236. The number of hydrogen-bond donors (Lipinski definition) is 3. The average molecular weight is 199 g/mol. The topological polar surface area (TPSA) is 65.6 Å². The van der Waals surface area contributed by atoms with E-state index in [1.165, 1.54) is 0 Å². The second-order valence-electron chi connectivity index (χ2n) is 3.43. The summed E-state index contributed by atoms with van der Waals surface area (Å²) in [6.07, 6.45) is 1.74. The molecule has 0 spiro atoms. The van der Waals surface area contributed by atoms with Crippen LogP contribution in [0.1, 0.15) is 12.7 Å². The van der Waals surface area contributed by atoms with E-state index in [0.29, 0.717) is 6.54 Å². The maximum Gasteiger partial charge on any atom is 0.105 e. The van der Waals surface area contributed by atoms with Gasteiger partial charge in [0.05, 0.1) is 19.0 Å². The summed E-state index contributed by atoms with van der Waals surface area (Å²) < 4.78 is 5.19. The van der Waals surface area contributed by atoms with E-state index < -0.39 is 6.10 Å². The highest BCUT2D eigenvalue weighted by Crippen LogP contribution is 2.03.